The first-order chi connectivity index (χ1) is 18.4. The Bertz CT molecular complexity index is 1420. The van der Waals surface area contributed by atoms with Crippen molar-refractivity contribution in [3.63, 3.8) is 0 Å². The van der Waals surface area contributed by atoms with Crippen molar-refractivity contribution in [1.82, 2.24) is 5.43 Å². The van der Waals surface area contributed by atoms with Gasteiger partial charge in [0.05, 0.1) is 18.9 Å². The van der Waals surface area contributed by atoms with Gasteiger partial charge in [0.2, 0.25) is 0 Å². The van der Waals surface area contributed by atoms with Crippen molar-refractivity contribution in [3.05, 3.63) is 114 Å². The maximum absolute atomic E-state index is 12.4. The summed E-state index contributed by atoms with van der Waals surface area (Å²) in [5.41, 5.74) is 6.77. The maximum atomic E-state index is 12.4. The van der Waals surface area contributed by atoms with Gasteiger partial charge in [-0.2, -0.15) is 5.10 Å². The molecule has 38 heavy (non-hydrogen) atoms. The molecule has 0 unspecified atom stereocenters. The number of esters is 1. The van der Waals surface area contributed by atoms with Crippen molar-refractivity contribution in [3.8, 4) is 28.4 Å². The molecule has 0 bridgehead atoms. The lowest BCUT2D eigenvalue weighted by Crippen LogP contribution is -2.33. The first-order valence-electron chi connectivity index (χ1n) is 12.0. The predicted octanol–water partition coefficient (Wildman–Crippen LogP) is 5.81. The van der Waals surface area contributed by atoms with Crippen molar-refractivity contribution in [2.75, 3.05) is 7.11 Å². The Kier molecular flexibility index (Phi) is 8.51. The molecule has 0 saturated carbocycles. The molecule has 0 aliphatic heterocycles. The van der Waals surface area contributed by atoms with Crippen LogP contribution in [0.5, 0.6) is 17.2 Å². The smallest absolute Gasteiger partial charge is 0.343 e. The molecule has 1 N–H and O–H groups in total. The molecule has 0 aliphatic rings. The number of hydrogen-bond donors (Lipinski definition) is 1. The van der Waals surface area contributed by atoms with Gasteiger partial charge in [0.25, 0.3) is 5.91 Å². The molecule has 0 aromatic heterocycles. The number of amides is 1. The van der Waals surface area contributed by atoms with Crippen LogP contribution in [-0.2, 0) is 4.79 Å². The molecule has 0 aliphatic carbocycles. The summed E-state index contributed by atoms with van der Waals surface area (Å²) in [6.45, 7) is 3.59. The lowest BCUT2D eigenvalue weighted by Gasteiger charge is -2.13. The van der Waals surface area contributed by atoms with Crippen LogP contribution >= 0.6 is 0 Å². The van der Waals surface area contributed by atoms with E-state index >= 15 is 0 Å². The average Bonchev–Trinajstić information content (AvgIpc) is 2.94. The Morgan fingerprint density at radius 3 is 2.21 bits per heavy atom. The monoisotopic (exact) mass is 508 g/mol. The van der Waals surface area contributed by atoms with Gasteiger partial charge in [0, 0.05) is 0 Å². The van der Waals surface area contributed by atoms with Crippen LogP contribution in [0, 0.1) is 6.92 Å². The molecule has 192 valence electrons. The summed E-state index contributed by atoms with van der Waals surface area (Å²) in [6.07, 6.45) is 0.709. The third kappa shape index (κ3) is 6.85. The summed E-state index contributed by atoms with van der Waals surface area (Å²) in [6, 6.07) is 29.6. The number of nitrogens with one attached hydrogen (secondary N) is 1. The number of ether oxygens (including phenoxy) is 3. The number of nitrogens with zero attached hydrogens (tertiary/aromatic N) is 1. The standard InChI is InChI=1S/C31H28N2O5/c1-21-9-12-26(13-10-21)31(35)38-28-18-11-23(19-29(28)36-3)20-32-33-30(34)22(2)37-27-16-14-25(15-17-27)24-7-5-4-6-8-24/h4-20,22H,1-3H3,(H,33,34)/b32-20-/t22-/m1/s1. The number of rotatable bonds is 9. The molecule has 0 fully saturated rings. The second-order valence-electron chi connectivity index (χ2n) is 8.55. The Hall–Kier alpha value is -4.91. The van der Waals surface area contributed by atoms with E-state index < -0.39 is 18.0 Å². The molecule has 0 radical (unpaired) electrons. The van der Waals surface area contributed by atoms with Gasteiger partial charge in [-0.1, -0.05) is 60.2 Å². The van der Waals surface area contributed by atoms with Crippen LogP contribution in [0.3, 0.4) is 0 Å². The molecule has 7 nitrogen and oxygen atoms in total. The number of hydrogen-bond acceptors (Lipinski definition) is 6. The normalized spacial score (nSPS) is 11.6. The molecule has 1 atom stereocenters. The predicted molar refractivity (Wildman–Crippen MR) is 147 cm³/mol. The van der Waals surface area contributed by atoms with Crippen molar-refractivity contribution in [2.45, 2.75) is 20.0 Å². The van der Waals surface area contributed by atoms with Crippen LogP contribution in [0.1, 0.15) is 28.4 Å². The van der Waals surface area contributed by atoms with E-state index in [9.17, 15) is 9.59 Å². The lowest BCUT2D eigenvalue weighted by molar-refractivity contribution is -0.127. The largest absolute Gasteiger partial charge is 0.493 e. The summed E-state index contributed by atoms with van der Waals surface area (Å²) in [7, 11) is 1.48. The van der Waals surface area contributed by atoms with Crippen molar-refractivity contribution in [2.24, 2.45) is 5.10 Å². The third-order valence-electron chi connectivity index (χ3n) is 5.71. The summed E-state index contributed by atoms with van der Waals surface area (Å²) in [5, 5.41) is 4.01. The van der Waals surface area contributed by atoms with Gasteiger partial charge < -0.3 is 14.2 Å². The highest BCUT2D eigenvalue weighted by molar-refractivity contribution is 5.91. The molecule has 7 heteroatoms. The van der Waals surface area contributed by atoms with Crippen LogP contribution in [-0.4, -0.2) is 31.3 Å². The van der Waals surface area contributed by atoms with Gasteiger partial charge in [0.1, 0.15) is 5.75 Å². The van der Waals surface area contributed by atoms with Gasteiger partial charge in [-0.15, -0.1) is 0 Å². The van der Waals surface area contributed by atoms with Crippen molar-refractivity contribution < 1.29 is 23.8 Å². The Morgan fingerprint density at radius 2 is 1.53 bits per heavy atom. The Balaban J connectivity index is 1.32. The lowest BCUT2D eigenvalue weighted by atomic mass is 10.1. The van der Waals surface area contributed by atoms with E-state index in [1.165, 1.54) is 13.3 Å². The van der Waals surface area contributed by atoms with Crippen LogP contribution in [0.25, 0.3) is 11.1 Å². The highest BCUT2D eigenvalue weighted by Crippen LogP contribution is 2.28. The SMILES string of the molecule is COc1cc(/C=N\NC(=O)[C@@H](C)Oc2ccc(-c3ccccc3)cc2)ccc1OC(=O)c1ccc(C)cc1. The molecule has 4 aromatic carbocycles. The van der Waals surface area contributed by atoms with Gasteiger partial charge in [-0.05, 0) is 73.0 Å². The van der Waals surface area contributed by atoms with Crippen LogP contribution in [0.15, 0.2) is 102 Å². The highest BCUT2D eigenvalue weighted by atomic mass is 16.6. The minimum absolute atomic E-state index is 0.277. The first kappa shape index (κ1) is 26.2. The topological polar surface area (TPSA) is 86.2 Å². The van der Waals surface area contributed by atoms with E-state index in [2.05, 4.69) is 10.5 Å². The Labute approximate surface area is 221 Å². The summed E-state index contributed by atoms with van der Waals surface area (Å²) in [5.74, 6) is 0.331. The van der Waals surface area contributed by atoms with Gasteiger partial charge in [-0.3, -0.25) is 4.79 Å². The van der Waals surface area contributed by atoms with Crippen LogP contribution in [0.4, 0.5) is 0 Å². The molecule has 1 amide bonds. The maximum Gasteiger partial charge on any atom is 0.343 e. The molecule has 0 spiro atoms. The van der Waals surface area contributed by atoms with E-state index in [1.54, 1.807) is 37.3 Å². The number of benzene rings is 4. The molecule has 4 rings (SSSR count). The second-order valence-corrected chi connectivity index (χ2v) is 8.55. The fraction of sp³-hybridized carbons (Fsp3) is 0.129. The van der Waals surface area contributed by atoms with Crippen molar-refractivity contribution in [1.29, 1.82) is 0 Å². The first-order valence-corrected chi connectivity index (χ1v) is 12.0. The summed E-state index contributed by atoms with van der Waals surface area (Å²) in [4.78, 5) is 24.9. The quantitative estimate of drug-likeness (QED) is 0.134. The average molecular weight is 509 g/mol. The zero-order chi connectivity index (χ0) is 26.9. The number of hydrazone groups is 1. The number of aryl methyl sites for hydroxylation is 1. The van der Waals surface area contributed by atoms with Crippen LogP contribution in [0.2, 0.25) is 0 Å². The fourth-order valence-electron chi connectivity index (χ4n) is 3.57. The molecule has 4 aromatic rings. The highest BCUT2D eigenvalue weighted by Gasteiger charge is 2.15. The van der Waals surface area contributed by atoms with Gasteiger partial charge in [-0.25, -0.2) is 10.2 Å². The zero-order valence-electron chi connectivity index (χ0n) is 21.4. The second kappa shape index (κ2) is 12.4. The number of carbonyl (C=O) groups is 2. The minimum Gasteiger partial charge on any atom is -0.493 e. The van der Waals surface area contributed by atoms with Crippen LogP contribution < -0.4 is 19.6 Å². The minimum atomic E-state index is -0.757. The zero-order valence-corrected chi connectivity index (χ0v) is 21.4. The van der Waals surface area contributed by atoms with E-state index in [0.717, 1.165) is 16.7 Å². The van der Waals surface area contributed by atoms with Gasteiger partial charge >= 0.3 is 5.97 Å². The molecule has 0 saturated heterocycles. The van der Waals surface area contributed by atoms with E-state index in [-0.39, 0.29) is 5.75 Å². The number of methoxy groups -OCH3 is 1. The molecular weight excluding hydrogens is 480 g/mol. The molecular formula is C31H28N2O5. The third-order valence-corrected chi connectivity index (χ3v) is 5.71. The fourth-order valence-corrected chi connectivity index (χ4v) is 3.57. The molecule has 0 heterocycles. The van der Waals surface area contributed by atoms with Gasteiger partial charge in [0.15, 0.2) is 17.6 Å². The van der Waals surface area contributed by atoms with E-state index in [1.807, 2.05) is 73.7 Å². The summed E-state index contributed by atoms with van der Waals surface area (Å²) >= 11 is 0. The summed E-state index contributed by atoms with van der Waals surface area (Å²) < 4.78 is 16.6. The van der Waals surface area contributed by atoms with E-state index in [4.69, 9.17) is 14.2 Å². The number of carbonyl (C=O) groups excluding carboxylic acids is 2. The van der Waals surface area contributed by atoms with E-state index in [0.29, 0.717) is 22.6 Å². The Morgan fingerprint density at radius 1 is 0.842 bits per heavy atom. The van der Waals surface area contributed by atoms with Crippen molar-refractivity contribution >= 4 is 18.1 Å².